The molecule has 3 aromatic rings. The van der Waals surface area contributed by atoms with Crippen LogP contribution in [0.15, 0.2) is 66.7 Å². The molecule has 0 aliphatic heterocycles. The SMILES string of the molecule is C=O.Cc1ccc(C(=O)NCc2ccc(OCc3ccccc3)cc2)c(N)n1. The molecule has 144 valence electrons. The van der Waals surface area contributed by atoms with Crippen LogP contribution in [-0.4, -0.2) is 17.7 Å². The van der Waals surface area contributed by atoms with Crippen LogP contribution in [0.2, 0.25) is 0 Å². The van der Waals surface area contributed by atoms with Crippen LogP contribution in [0.5, 0.6) is 5.75 Å². The van der Waals surface area contributed by atoms with E-state index in [9.17, 15) is 4.79 Å². The minimum absolute atomic E-state index is 0.237. The van der Waals surface area contributed by atoms with Gasteiger partial charge >= 0.3 is 0 Å². The van der Waals surface area contributed by atoms with Gasteiger partial charge in [0, 0.05) is 12.2 Å². The third kappa shape index (κ3) is 5.95. The standard InChI is InChI=1S/C21H21N3O2.CH2O/c1-15-7-12-19(20(22)24-15)21(25)23-13-16-8-10-18(11-9-16)26-14-17-5-3-2-4-6-17;1-2/h2-12H,13-14H2,1H3,(H2,22,24)(H,23,25);1H2. The highest BCUT2D eigenvalue weighted by atomic mass is 16.5. The van der Waals surface area contributed by atoms with Gasteiger partial charge in [-0.1, -0.05) is 42.5 Å². The van der Waals surface area contributed by atoms with Gasteiger partial charge in [0.1, 0.15) is 25.0 Å². The highest BCUT2D eigenvalue weighted by Crippen LogP contribution is 2.15. The lowest BCUT2D eigenvalue weighted by atomic mass is 10.2. The van der Waals surface area contributed by atoms with Gasteiger partial charge < -0.3 is 20.6 Å². The van der Waals surface area contributed by atoms with Crippen molar-refractivity contribution in [1.29, 1.82) is 0 Å². The van der Waals surface area contributed by atoms with Crippen molar-refractivity contribution in [3.63, 3.8) is 0 Å². The summed E-state index contributed by atoms with van der Waals surface area (Å²) in [6, 6.07) is 21.1. The Bertz CT molecular complexity index is 897. The molecule has 0 saturated carbocycles. The van der Waals surface area contributed by atoms with Crippen molar-refractivity contribution in [2.24, 2.45) is 0 Å². The Morgan fingerprint density at radius 2 is 1.68 bits per heavy atom. The van der Waals surface area contributed by atoms with E-state index in [4.69, 9.17) is 15.3 Å². The molecule has 2 aromatic carbocycles. The van der Waals surface area contributed by atoms with Gasteiger partial charge in [0.05, 0.1) is 5.56 Å². The highest BCUT2D eigenvalue weighted by molar-refractivity contribution is 5.98. The van der Waals surface area contributed by atoms with Gasteiger partial charge in [-0.05, 0) is 42.3 Å². The van der Waals surface area contributed by atoms with Gasteiger partial charge in [-0.15, -0.1) is 0 Å². The molecule has 1 aromatic heterocycles. The van der Waals surface area contributed by atoms with Crippen LogP contribution in [0.4, 0.5) is 5.82 Å². The van der Waals surface area contributed by atoms with E-state index in [1.165, 1.54) is 0 Å². The minimum atomic E-state index is -0.237. The topological polar surface area (TPSA) is 94.3 Å². The van der Waals surface area contributed by atoms with Crippen molar-refractivity contribution >= 4 is 18.5 Å². The average Bonchev–Trinajstić information content (AvgIpc) is 2.73. The molecular weight excluding hydrogens is 354 g/mol. The molecule has 28 heavy (non-hydrogen) atoms. The predicted molar refractivity (Wildman–Crippen MR) is 109 cm³/mol. The lowest BCUT2D eigenvalue weighted by molar-refractivity contribution is -0.0980. The van der Waals surface area contributed by atoms with Crippen molar-refractivity contribution in [2.75, 3.05) is 5.73 Å². The molecule has 6 nitrogen and oxygen atoms in total. The number of nitrogens with one attached hydrogen (secondary N) is 1. The molecule has 1 amide bonds. The van der Waals surface area contributed by atoms with Crippen LogP contribution in [0.25, 0.3) is 0 Å². The Labute approximate surface area is 164 Å². The van der Waals surface area contributed by atoms with E-state index in [-0.39, 0.29) is 11.7 Å². The summed E-state index contributed by atoms with van der Waals surface area (Å²) in [6.45, 7) is 4.77. The summed E-state index contributed by atoms with van der Waals surface area (Å²) < 4.78 is 5.76. The van der Waals surface area contributed by atoms with E-state index in [0.29, 0.717) is 18.7 Å². The molecule has 0 aliphatic rings. The Morgan fingerprint density at radius 1 is 1.00 bits per heavy atom. The second-order valence-corrected chi connectivity index (χ2v) is 5.99. The summed E-state index contributed by atoms with van der Waals surface area (Å²) >= 11 is 0. The molecule has 1 heterocycles. The van der Waals surface area contributed by atoms with E-state index in [0.717, 1.165) is 22.6 Å². The molecule has 0 radical (unpaired) electrons. The third-order valence-corrected chi connectivity index (χ3v) is 3.93. The number of aryl methyl sites for hydroxylation is 1. The summed E-state index contributed by atoms with van der Waals surface area (Å²) in [5.74, 6) is 0.794. The Kier molecular flexibility index (Phi) is 7.72. The number of hydrogen-bond acceptors (Lipinski definition) is 5. The largest absolute Gasteiger partial charge is 0.489 e. The fourth-order valence-electron chi connectivity index (χ4n) is 2.49. The molecule has 0 fully saturated rings. The molecule has 0 bridgehead atoms. The van der Waals surface area contributed by atoms with E-state index in [1.54, 1.807) is 12.1 Å². The summed E-state index contributed by atoms with van der Waals surface area (Å²) in [5, 5.41) is 2.85. The number of nitrogens with zero attached hydrogens (tertiary/aromatic N) is 1. The maximum absolute atomic E-state index is 12.2. The van der Waals surface area contributed by atoms with Crippen molar-refractivity contribution in [3.05, 3.63) is 89.1 Å². The molecule has 6 heteroatoms. The summed E-state index contributed by atoms with van der Waals surface area (Å²) in [7, 11) is 0. The number of rotatable bonds is 6. The normalized spacial score (nSPS) is 9.75. The number of anilines is 1. The van der Waals surface area contributed by atoms with Gasteiger partial charge in [-0.25, -0.2) is 4.98 Å². The number of aromatic nitrogens is 1. The summed E-state index contributed by atoms with van der Waals surface area (Å²) in [6.07, 6.45) is 0. The van der Waals surface area contributed by atoms with E-state index >= 15 is 0 Å². The first-order valence-electron chi connectivity index (χ1n) is 8.67. The zero-order valence-corrected chi connectivity index (χ0v) is 15.7. The number of benzene rings is 2. The number of nitrogen functional groups attached to an aromatic ring is 1. The first-order chi connectivity index (χ1) is 13.6. The zero-order chi connectivity index (χ0) is 20.4. The van der Waals surface area contributed by atoms with Gasteiger partial charge in [-0.2, -0.15) is 0 Å². The minimum Gasteiger partial charge on any atom is -0.489 e. The van der Waals surface area contributed by atoms with Crippen molar-refractivity contribution in [1.82, 2.24) is 10.3 Å². The van der Waals surface area contributed by atoms with Crippen LogP contribution < -0.4 is 15.8 Å². The number of hydrogen-bond donors (Lipinski definition) is 2. The van der Waals surface area contributed by atoms with Crippen LogP contribution in [0, 0.1) is 6.92 Å². The summed E-state index contributed by atoms with van der Waals surface area (Å²) in [4.78, 5) is 24.3. The molecular formula is C22H23N3O3. The van der Waals surface area contributed by atoms with Gasteiger partial charge in [-0.3, -0.25) is 4.79 Å². The predicted octanol–water partition coefficient (Wildman–Crippen LogP) is 3.30. The van der Waals surface area contributed by atoms with Gasteiger partial charge in [0.25, 0.3) is 5.91 Å². The highest BCUT2D eigenvalue weighted by Gasteiger charge is 2.10. The lowest BCUT2D eigenvalue weighted by Gasteiger charge is -2.09. The molecule has 0 aliphatic carbocycles. The van der Waals surface area contributed by atoms with Crippen LogP contribution in [0.1, 0.15) is 27.2 Å². The number of carbonyl (C=O) groups excluding carboxylic acids is 2. The van der Waals surface area contributed by atoms with Crippen molar-refractivity contribution in [3.8, 4) is 5.75 Å². The van der Waals surface area contributed by atoms with Gasteiger partial charge in [0.2, 0.25) is 0 Å². The number of ether oxygens (including phenoxy) is 1. The first kappa shape index (κ1) is 20.6. The average molecular weight is 377 g/mol. The second-order valence-electron chi connectivity index (χ2n) is 5.99. The fraction of sp³-hybridized carbons (Fsp3) is 0.136. The van der Waals surface area contributed by atoms with E-state index < -0.39 is 0 Å². The van der Waals surface area contributed by atoms with Gasteiger partial charge in [0.15, 0.2) is 0 Å². The zero-order valence-electron chi connectivity index (χ0n) is 15.7. The molecule has 0 unspecified atom stereocenters. The molecule has 3 rings (SSSR count). The van der Waals surface area contributed by atoms with Crippen molar-refractivity contribution < 1.29 is 14.3 Å². The fourth-order valence-corrected chi connectivity index (χ4v) is 2.49. The monoisotopic (exact) mass is 377 g/mol. The molecule has 0 saturated heterocycles. The number of amides is 1. The smallest absolute Gasteiger partial charge is 0.255 e. The molecule has 0 atom stereocenters. The lowest BCUT2D eigenvalue weighted by Crippen LogP contribution is -2.24. The maximum atomic E-state index is 12.2. The third-order valence-electron chi connectivity index (χ3n) is 3.93. The number of nitrogens with two attached hydrogens (primary N) is 1. The quantitative estimate of drug-likeness (QED) is 0.687. The molecule has 3 N–H and O–H groups in total. The number of carbonyl (C=O) groups is 2. The van der Waals surface area contributed by atoms with Crippen LogP contribution in [0.3, 0.4) is 0 Å². The number of pyridine rings is 1. The van der Waals surface area contributed by atoms with E-state index in [2.05, 4.69) is 10.3 Å². The Morgan fingerprint density at radius 3 is 2.32 bits per heavy atom. The summed E-state index contributed by atoms with van der Waals surface area (Å²) in [5.41, 5.74) is 9.07. The molecule has 0 spiro atoms. The second kappa shape index (κ2) is 10.5. The van der Waals surface area contributed by atoms with Crippen LogP contribution in [-0.2, 0) is 17.9 Å². The Hall–Kier alpha value is -3.67. The van der Waals surface area contributed by atoms with E-state index in [1.807, 2.05) is 68.3 Å². The van der Waals surface area contributed by atoms with Crippen LogP contribution >= 0.6 is 0 Å². The Balaban J connectivity index is 0.00000136. The first-order valence-corrected chi connectivity index (χ1v) is 8.67. The van der Waals surface area contributed by atoms with Crippen molar-refractivity contribution in [2.45, 2.75) is 20.1 Å². The maximum Gasteiger partial charge on any atom is 0.255 e.